The van der Waals surface area contributed by atoms with E-state index in [1.54, 1.807) is 0 Å². The second-order valence-corrected chi connectivity index (χ2v) is 3.33. The van der Waals surface area contributed by atoms with E-state index in [0.29, 0.717) is 0 Å². The average Bonchev–Trinajstić information content (AvgIpc) is 1.78. The molecule has 0 rings (SSSR count). The van der Waals surface area contributed by atoms with Gasteiger partial charge in [-0.25, -0.2) is 0 Å². The van der Waals surface area contributed by atoms with Crippen LogP contribution in [0.25, 0.3) is 0 Å². The van der Waals surface area contributed by atoms with E-state index >= 15 is 0 Å². The van der Waals surface area contributed by atoms with E-state index in [9.17, 15) is 4.79 Å². The summed E-state index contributed by atoms with van der Waals surface area (Å²) in [6.45, 7) is 7.60. The summed E-state index contributed by atoms with van der Waals surface area (Å²) in [6, 6.07) is 0. The predicted octanol–water partition coefficient (Wildman–Crippen LogP) is 1.60. The van der Waals surface area contributed by atoms with Crippen molar-refractivity contribution in [1.29, 1.82) is 0 Å². The van der Waals surface area contributed by atoms with Crippen LogP contribution in [0, 0.1) is 17.3 Å². The van der Waals surface area contributed by atoms with Crippen LogP contribution in [0.1, 0.15) is 27.7 Å². The van der Waals surface area contributed by atoms with Crippen LogP contribution in [-0.4, -0.2) is 12.6 Å². The van der Waals surface area contributed by atoms with Gasteiger partial charge in [-0.1, -0.05) is 11.8 Å². The molecule has 0 aromatic heterocycles. The molecule has 11 heavy (non-hydrogen) atoms. The minimum atomic E-state index is -0.284. The second kappa shape index (κ2) is 4.02. The van der Waals surface area contributed by atoms with Crippen molar-refractivity contribution in [3.8, 4) is 11.8 Å². The molecule has 0 atom stereocenters. The molecule has 0 bridgehead atoms. The second-order valence-electron chi connectivity index (χ2n) is 3.33. The highest BCUT2D eigenvalue weighted by molar-refractivity contribution is 5.66. The fourth-order valence-corrected chi connectivity index (χ4v) is 0.439. The van der Waals surface area contributed by atoms with Gasteiger partial charge in [0.25, 0.3) is 0 Å². The zero-order valence-electron chi connectivity index (χ0n) is 7.52. The Morgan fingerprint density at radius 3 is 2.36 bits per heavy atom. The van der Waals surface area contributed by atoms with Gasteiger partial charge in [-0.05, 0) is 20.8 Å². The minimum absolute atomic E-state index is 0.0137. The fourth-order valence-electron chi connectivity index (χ4n) is 0.439. The Bertz CT molecular complexity index is 188. The van der Waals surface area contributed by atoms with Gasteiger partial charge in [0.2, 0.25) is 0 Å². The molecule has 0 spiro atoms. The summed E-state index contributed by atoms with van der Waals surface area (Å²) in [7, 11) is 0. The number of carbonyl (C=O) groups excluding carboxylic acids is 1. The van der Waals surface area contributed by atoms with Gasteiger partial charge in [0.15, 0.2) is 6.61 Å². The summed E-state index contributed by atoms with van der Waals surface area (Å²) in [5.41, 5.74) is -0.0137. The lowest BCUT2D eigenvalue weighted by atomic mass is 9.98. The van der Waals surface area contributed by atoms with Crippen LogP contribution in [0.3, 0.4) is 0 Å². The lowest BCUT2D eigenvalue weighted by Crippen LogP contribution is -2.02. The van der Waals surface area contributed by atoms with Crippen molar-refractivity contribution in [2.45, 2.75) is 27.7 Å². The summed E-state index contributed by atoms with van der Waals surface area (Å²) < 4.78 is 4.62. The van der Waals surface area contributed by atoms with Gasteiger partial charge in [0.05, 0.1) is 0 Å². The van der Waals surface area contributed by atoms with Crippen LogP contribution in [0.2, 0.25) is 0 Å². The Morgan fingerprint density at radius 2 is 2.00 bits per heavy atom. The Kier molecular flexibility index (Phi) is 3.67. The topological polar surface area (TPSA) is 26.3 Å². The van der Waals surface area contributed by atoms with Gasteiger partial charge >= 0.3 is 5.97 Å². The molecule has 62 valence electrons. The summed E-state index contributed by atoms with van der Waals surface area (Å²) in [5, 5.41) is 0. The summed E-state index contributed by atoms with van der Waals surface area (Å²) in [5.74, 6) is 5.43. The van der Waals surface area contributed by atoms with E-state index < -0.39 is 0 Å². The van der Waals surface area contributed by atoms with E-state index in [0.717, 1.165) is 0 Å². The summed E-state index contributed by atoms with van der Waals surface area (Å²) in [6.07, 6.45) is 0. The highest BCUT2D eigenvalue weighted by Crippen LogP contribution is 2.09. The van der Waals surface area contributed by atoms with Gasteiger partial charge in [0.1, 0.15) is 0 Å². The maximum absolute atomic E-state index is 10.3. The molecular formula is C9H14O2. The zero-order valence-corrected chi connectivity index (χ0v) is 7.52. The molecule has 0 saturated carbocycles. The maximum atomic E-state index is 10.3. The van der Waals surface area contributed by atoms with Crippen molar-refractivity contribution in [2.75, 3.05) is 6.61 Å². The van der Waals surface area contributed by atoms with Gasteiger partial charge in [-0.3, -0.25) is 4.79 Å². The van der Waals surface area contributed by atoms with Crippen molar-refractivity contribution >= 4 is 5.97 Å². The molecule has 0 aliphatic carbocycles. The third kappa shape index (κ3) is 9.03. The first kappa shape index (κ1) is 10.0. The molecule has 2 nitrogen and oxygen atoms in total. The molecule has 0 aromatic carbocycles. The van der Waals surface area contributed by atoms with Gasteiger partial charge in [-0.2, -0.15) is 0 Å². The molecule has 0 unspecified atom stereocenters. The molecule has 0 heterocycles. The summed E-state index contributed by atoms with van der Waals surface area (Å²) >= 11 is 0. The first-order valence-electron chi connectivity index (χ1n) is 3.55. The van der Waals surface area contributed by atoms with Crippen LogP contribution in [0.4, 0.5) is 0 Å². The van der Waals surface area contributed by atoms with Crippen LogP contribution >= 0.6 is 0 Å². The number of hydrogen-bond donors (Lipinski definition) is 0. The van der Waals surface area contributed by atoms with Gasteiger partial charge in [0, 0.05) is 12.3 Å². The first-order chi connectivity index (χ1) is 4.92. The largest absolute Gasteiger partial charge is 0.453 e. The van der Waals surface area contributed by atoms with Crippen LogP contribution in [-0.2, 0) is 9.53 Å². The molecule has 0 saturated heterocycles. The Balaban J connectivity index is 3.66. The number of rotatable bonds is 1. The molecule has 0 radical (unpaired) electrons. The minimum Gasteiger partial charge on any atom is -0.453 e. The van der Waals surface area contributed by atoms with Crippen LogP contribution in [0.15, 0.2) is 0 Å². The van der Waals surface area contributed by atoms with Gasteiger partial charge < -0.3 is 4.74 Å². The van der Waals surface area contributed by atoms with E-state index in [4.69, 9.17) is 0 Å². The molecule has 0 amide bonds. The highest BCUT2D eigenvalue weighted by atomic mass is 16.5. The summed E-state index contributed by atoms with van der Waals surface area (Å²) in [4.78, 5) is 10.3. The smallest absolute Gasteiger partial charge is 0.303 e. The third-order valence-corrected chi connectivity index (χ3v) is 0.811. The molecule has 0 N–H and O–H groups in total. The molecule has 0 aromatic rings. The highest BCUT2D eigenvalue weighted by Gasteiger charge is 2.02. The fraction of sp³-hybridized carbons (Fsp3) is 0.667. The van der Waals surface area contributed by atoms with Gasteiger partial charge in [-0.15, -0.1) is 0 Å². The molecule has 0 fully saturated rings. The van der Waals surface area contributed by atoms with E-state index in [1.165, 1.54) is 6.92 Å². The Hall–Kier alpha value is -0.970. The Labute approximate surface area is 67.9 Å². The molecular weight excluding hydrogens is 140 g/mol. The molecule has 2 heteroatoms. The quantitative estimate of drug-likeness (QED) is 0.423. The van der Waals surface area contributed by atoms with Crippen molar-refractivity contribution < 1.29 is 9.53 Å². The lowest BCUT2D eigenvalue weighted by molar-refractivity contribution is -0.139. The van der Waals surface area contributed by atoms with Crippen LogP contribution < -0.4 is 0 Å². The lowest BCUT2D eigenvalue weighted by Gasteiger charge is -2.06. The monoisotopic (exact) mass is 154 g/mol. The van der Waals surface area contributed by atoms with Crippen molar-refractivity contribution in [3.05, 3.63) is 0 Å². The SMILES string of the molecule is CC(=O)OCC#CC(C)(C)C. The number of esters is 1. The average molecular weight is 154 g/mol. The van der Waals surface area contributed by atoms with E-state index in [2.05, 4.69) is 16.6 Å². The molecule has 0 aliphatic heterocycles. The van der Waals surface area contributed by atoms with Crippen LogP contribution in [0.5, 0.6) is 0 Å². The number of carbonyl (C=O) groups is 1. The van der Waals surface area contributed by atoms with E-state index in [1.807, 2.05) is 20.8 Å². The predicted molar refractivity (Wildman–Crippen MR) is 43.9 cm³/mol. The number of ether oxygens (including phenoxy) is 1. The van der Waals surface area contributed by atoms with E-state index in [-0.39, 0.29) is 18.0 Å². The van der Waals surface area contributed by atoms with Crippen molar-refractivity contribution in [3.63, 3.8) is 0 Å². The normalized spacial score (nSPS) is 9.82. The zero-order chi connectivity index (χ0) is 8.91. The number of hydrogen-bond acceptors (Lipinski definition) is 2. The maximum Gasteiger partial charge on any atom is 0.303 e. The van der Waals surface area contributed by atoms with Crippen molar-refractivity contribution in [1.82, 2.24) is 0 Å². The Morgan fingerprint density at radius 1 is 1.45 bits per heavy atom. The standard InChI is InChI=1S/C9H14O2/c1-8(10)11-7-5-6-9(2,3)4/h7H2,1-4H3. The first-order valence-corrected chi connectivity index (χ1v) is 3.55. The molecule has 0 aliphatic rings. The third-order valence-electron chi connectivity index (χ3n) is 0.811. The van der Waals surface area contributed by atoms with Crippen molar-refractivity contribution in [2.24, 2.45) is 5.41 Å².